The smallest absolute Gasteiger partial charge is 0.286 e. The lowest BCUT2D eigenvalue weighted by atomic mass is 10.1. The number of sulfonamides is 1. The van der Waals surface area contributed by atoms with Crippen molar-refractivity contribution >= 4 is 44.2 Å². The Morgan fingerprint density at radius 1 is 1.14 bits per heavy atom. The molecule has 2 N–H and O–H groups in total. The number of anilines is 1. The van der Waals surface area contributed by atoms with Gasteiger partial charge in [-0.25, -0.2) is 0 Å². The zero-order valence-corrected chi connectivity index (χ0v) is 17.3. The van der Waals surface area contributed by atoms with E-state index in [-0.39, 0.29) is 22.0 Å². The quantitative estimate of drug-likeness (QED) is 0.605. The van der Waals surface area contributed by atoms with Crippen LogP contribution < -0.4 is 10.9 Å². The maximum Gasteiger partial charge on any atom is 0.286 e. The normalized spacial score (nSPS) is 14.9. The Labute approximate surface area is 172 Å². The summed E-state index contributed by atoms with van der Waals surface area (Å²) in [5.41, 5.74) is 0.284. The molecule has 1 aromatic heterocycles. The van der Waals surface area contributed by atoms with Crippen LogP contribution in [0.4, 0.5) is 5.69 Å². The number of hydrogen-bond acceptors (Lipinski definition) is 6. The van der Waals surface area contributed by atoms with Gasteiger partial charge in [0, 0.05) is 11.9 Å². The molecule has 0 aliphatic carbocycles. The summed E-state index contributed by atoms with van der Waals surface area (Å²) in [4.78, 5) is 13.3. The van der Waals surface area contributed by atoms with Crippen LogP contribution in [0.15, 0.2) is 62.6 Å². The zero-order valence-electron chi connectivity index (χ0n) is 15.6. The number of thioether (sulfide) groups is 1. The minimum atomic E-state index is -4.00. The second kappa shape index (κ2) is 7.57. The lowest BCUT2D eigenvalue weighted by Crippen LogP contribution is -2.32. The van der Waals surface area contributed by atoms with Crippen molar-refractivity contribution in [3.8, 4) is 5.75 Å². The van der Waals surface area contributed by atoms with Gasteiger partial charge in [-0.3, -0.25) is 4.79 Å². The molecule has 1 aliphatic rings. The maximum absolute atomic E-state index is 13.3. The molecule has 9 heteroatoms. The number of hydrogen-bond donors (Lipinski definition) is 2. The fraction of sp³-hybridized carbons (Fsp3) is 0.200. The fourth-order valence-corrected chi connectivity index (χ4v) is 4.96. The molecule has 4 rings (SSSR count). The lowest BCUT2D eigenvalue weighted by molar-refractivity contribution is 0.477. The van der Waals surface area contributed by atoms with Crippen LogP contribution in [0.1, 0.15) is 12.0 Å². The molecule has 150 valence electrons. The SMILES string of the molecule is CSCCCn1c(=O)c(C2=NS(=O)(=O)c3ccccc3N2)c(O)c2ccccc21. The Bertz CT molecular complexity index is 1300. The molecule has 0 radical (unpaired) electrons. The van der Waals surface area contributed by atoms with E-state index in [1.54, 1.807) is 58.8 Å². The van der Waals surface area contributed by atoms with Crippen molar-refractivity contribution in [2.45, 2.75) is 17.9 Å². The van der Waals surface area contributed by atoms with Crippen molar-refractivity contribution < 1.29 is 13.5 Å². The van der Waals surface area contributed by atoms with E-state index in [0.717, 1.165) is 12.2 Å². The van der Waals surface area contributed by atoms with Crippen LogP contribution in [-0.2, 0) is 16.6 Å². The highest BCUT2D eigenvalue weighted by molar-refractivity contribution is 7.98. The first-order chi connectivity index (χ1) is 13.9. The van der Waals surface area contributed by atoms with E-state index >= 15 is 0 Å². The van der Waals surface area contributed by atoms with E-state index in [1.807, 2.05) is 6.26 Å². The van der Waals surface area contributed by atoms with Crippen LogP contribution in [0.3, 0.4) is 0 Å². The molecule has 0 bridgehead atoms. The first kappa shape index (κ1) is 19.5. The Morgan fingerprint density at radius 2 is 1.86 bits per heavy atom. The van der Waals surface area contributed by atoms with Gasteiger partial charge in [-0.2, -0.15) is 20.2 Å². The molecule has 0 saturated heterocycles. The Balaban J connectivity index is 1.95. The Morgan fingerprint density at radius 3 is 2.66 bits per heavy atom. The third kappa shape index (κ3) is 3.40. The highest BCUT2D eigenvalue weighted by atomic mass is 32.2. The number of rotatable bonds is 5. The van der Waals surface area contributed by atoms with Gasteiger partial charge in [-0.1, -0.05) is 24.3 Å². The van der Waals surface area contributed by atoms with Gasteiger partial charge < -0.3 is 15.0 Å². The topological polar surface area (TPSA) is 101 Å². The number of nitrogens with one attached hydrogen (secondary N) is 1. The van der Waals surface area contributed by atoms with Crippen LogP contribution in [0.25, 0.3) is 10.9 Å². The summed E-state index contributed by atoms with van der Waals surface area (Å²) in [6.45, 7) is 0.448. The molecular formula is C20H19N3O4S2. The molecule has 0 atom stereocenters. The monoisotopic (exact) mass is 429 g/mol. The first-order valence-electron chi connectivity index (χ1n) is 8.99. The van der Waals surface area contributed by atoms with Crippen molar-refractivity contribution in [2.75, 3.05) is 17.3 Å². The van der Waals surface area contributed by atoms with Gasteiger partial charge in [0.2, 0.25) is 0 Å². The standard InChI is InChI=1S/C20H19N3O4S2/c1-28-12-6-11-23-15-9-4-2-7-13(15)18(24)17(20(23)25)19-21-14-8-3-5-10-16(14)29(26,27)22-19/h2-5,7-10,24H,6,11-12H2,1H3,(H,21,22). The number of aromatic nitrogens is 1. The molecule has 0 saturated carbocycles. The number of benzene rings is 2. The van der Waals surface area contributed by atoms with Gasteiger partial charge in [0.1, 0.15) is 16.2 Å². The molecule has 0 unspecified atom stereocenters. The molecule has 0 spiro atoms. The largest absolute Gasteiger partial charge is 0.506 e. The number of fused-ring (bicyclic) bond motifs is 2. The highest BCUT2D eigenvalue weighted by Gasteiger charge is 2.29. The summed E-state index contributed by atoms with van der Waals surface area (Å²) in [6, 6.07) is 13.3. The van der Waals surface area contributed by atoms with Gasteiger partial charge >= 0.3 is 0 Å². The van der Waals surface area contributed by atoms with Crippen molar-refractivity contribution in [2.24, 2.45) is 4.40 Å². The number of pyridine rings is 1. The van der Waals surface area contributed by atoms with Crippen LogP contribution >= 0.6 is 11.8 Å². The predicted molar refractivity (Wildman–Crippen MR) is 117 cm³/mol. The number of nitrogens with zero attached hydrogens (tertiary/aromatic N) is 2. The number of aromatic hydroxyl groups is 1. The second-order valence-electron chi connectivity index (χ2n) is 6.58. The van der Waals surface area contributed by atoms with Crippen LogP contribution in [0.2, 0.25) is 0 Å². The minimum absolute atomic E-state index is 0.0318. The average molecular weight is 430 g/mol. The Kier molecular flexibility index (Phi) is 5.10. The van der Waals surface area contributed by atoms with Gasteiger partial charge in [-0.05, 0) is 42.7 Å². The van der Waals surface area contributed by atoms with Crippen LogP contribution in [-0.4, -0.2) is 35.9 Å². The van der Waals surface area contributed by atoms with Gasteiger partial charge in [0.25, 0.3) is 15.6 Å². The molecule has 1 aliphatic heterocycles. The van der Waals surface area contributed by atoms with Crippen molar-refractivity contribution in [3.05, 3.63) is 64.4 Å². The van der Waals surface area contributed by atoms with Crippen molar-refractivity contribution in [1.29, 1.82) is 0 Å². The van der Waals surface area contributed by atoms with E-state index in [1.165, 1.54) is 6.07 Å². The highest BCUT2D eigenvalue weighted by Crippen LogP contribution is 2.32. The first-order valence-corrected chi connectivity index (χ1v) is 11.8. The number of para-hydroxylation sites is 2. The number of amidine groups is 1. The molecule has 0 amide bonds. The molecule has 3 aromatic rings. The van der Waals surface area contributed by atoms with Crippen LogP contribution in [0.5, 0.6) is 5.75 Å². The summed E-state index contributed by atoms with van der Waals surface area (Å²) in [7, 11) is -4.00. The zero-order chi connectivity index (χ0) is 20.6. The van der Waals surface area contributed by atoms with E-state index in [4.69, 9.17) is 0 Å². The molecule has 2 heterocycles. The molecule has 29 heavy (non-hydrogen) atoms. The molecule has 2 aromatic carbocycles. The van der Waals surface area contributed by atoms with Crippen molar-refractivity contribution in [3.63, 3.8) is 0 Å². The molecule has 0 fully saturated rings. The third-order valence-corrected chi connectivity index (χ3v) is 6.77. The predicted octanol–water partition coefficient (Wildman–Crippen LogP) is 3.02. The summed E-state index contributed by atoms with van der Waals surface area (Å²) >= 11 is 1.68. The average Bonchev–Trinajstić information content (AvgIpc) is 2.70. The molecule has 7 nitrogen and oxygen atoms in total. The fourth-order valence-electron chi connectivity index (χ4n) is 3.41. The van der Waals surface area contributed by atoms with Crippen molar-refractivity contribution in [1.82, 2.24) is 4.57 Å². The van der Waals surface area contributed by atoms with E-state index in [0.29, 0.717) is 23.1 Å². The lowest BCUT2D eigenvalue weighted by Gasteiger charge is -2.20. The summed E-state index contributed by atoms with van der Waals surface area (Å²) in [5, 5.41) is 14.2. The Hall–Kier alpha value is -2.78. The summed E-state index contributed by atoms with van der Waals surface area (Å²) in [5.74, 6) is 0.417. The van der Waals surface area contributed by atoms with Gasteiger partial charge in [0.15, 0.2) is 5.84 Å². The molecular weight excluding hydrogens is 410 g/mol. The summed E-state index contributed by atoms with van der Waals surface area (Å²) in [6.07, 6.45) is 2.75. The van der Waals surface area contributed by atoms with Gasteiger partial charge in [0.05, 0.1) is 11.2 Å². The van der Waals surface area contributed by atoms with E-state index in [9.17, 15) is 18.3 Å². The van der Waals surface area contributed by atoms with E-state index < -0.39 is 15.6 Å². The summed E-state index contributed by atoms with van der Waals surface area (Å²) < 4.78 is 30.6. The second-order valence-corrected chi connectivity index (χ2v) is 9.14. The number of aryl methyl sites for hydroxylation is 1. The van der Waals surface area contributed by atoms with Crippen LogP contribution in [0, 0.1) is 0 Å². The third-order valence-electron chi connectivity index (χ3n) is 4.74. The van der Waals surface area contributed by atoms with Gasteiger partial charge in [-0.15, -0.1) is 4.40 Å². The van der Waals surface area contributed by atoms with E-state index in [2.05, 4.69) is 9.71 Å². The minimum Gasteiger partial charge on any atom is -0.506 e. The maximum atomic E-state index is 13.3.